The second-order valence-electron chi connectivity index (χ2n) is 41.5. The number of ether oxygens (including phenoxy) is 4. The molecule has 147 heavy (non-hydrogen) atoms. The number of nitrogen functional groups attached to an aromatic ring is 1. The Bertz CT molecular complexity index is 6630. The van der Waals surface area contributed by atoms with E-state index in [4.69, 9.17) is 54.9 Å². The first-order valence-corrected chi connectivity index (χ1v) is 52.0. The average Bonchev–Trinajstić information content (AvgIpc) is 1.70. The first-order valence-electron chi connectivity index (χ1n) is 47.9. The molecule has 5 aliphatic heterocycles. The number of nitriles is 1. The number of allylic oxidation sites excluding steroid dienone is 5. The molecular weight excluding hydrogens is 1990 g/mol. The van der Waals surface area contributed by atoms with E-state index in [9.17, 15) is 76.7 Å². The number of hydrogen-bond acceptors (Lipinski definition) is 29. The largest absolute Gasteiger partial charge is 0.460 e. The number of aliphatic imine (C=N–C) groups is 5. The van der Waals surface area contributed by atoms with Gasteiger partial charge in [-0.3, -0.25) is 79.6 Å². The summed E-state index contributed by atoms with van der Waals surface area (Å²) in [4.78, 5) is 140. The van der Waals surface area contributed by atoms with Gasteiger partial charge in [0.1, 0.15) is 63.3 Å². The molecule has 10 atom stereocenters. The van der Waals surface area contributed by atoms with E-state index in [0.29, 0.717) is 59.0 Å². The zero-order chi connectivity index (χ0) is 107. The number of anilines is 1. The highest BCUT2D eigenvalue weighted by atomic mass is 32.2. The summed E-state index contributed by atoms with van der Waals surface area (Å²) in [7, 11) is 0. The molecule has 0 fully saturated rings. The van der Waals surface area contributed by atoms with E-state index in [2.05, 4.69) is 46.0 Å². The molecule has 0 saturated heterocycles. The van der Waals surface area contributed by atoms with Crippen LogP contribution in [0.5, 0.6) is 0 Å². The average molecular weight is 2110 g/mol. The van der Waals surface area contributed by atoms with Gasteiger partial charge in [0.05, 0.1) is 82.4 Å². The second-order valence-corrected chi connectivity index (χ2v) is 47.0. The van der Waals surface area contributed by atoms with Crippen LogP contribution in [0.1, 0.15) is 261 Å². The number of nitro benzene ring substituents is 3. The number of thioether (sulfide) groups is 5. The number of pyridine rings is 1. The molecule has 1 aromatic heterocycles. The molecule has 6 aromatic carbocycles. The molecule has 29 nitrogen and oxygen atoms in total. The number of hydrogen-bond donors (Lipinski definition) is 3. The van der Waals surface area contributed by atoms with Crippen LogP contribution in [0.3, 0.4) is 0 Å². The van der Waals surface area contributed by atoms with Crippen molar-refractivity contribution < 1.29 is 84.4 Å². The number of non-ortho nitro benzene ring substituents is 3. The number of nitrogens with one attached hydrogen (secondary N) is 2. The van der Waals surface area contributed by atoms with Gasteiger partial charge in [0.2, 0.25) is 0 Å². The monoisotopic (exact) mass is 2110 g/mol. The molecule has 6 heterocycles. The number of nitrogens with zero attached hydrogens (tertiary/aromatic N) is 10. The summed E-state index contributed by atoms with van der Waals surface area (Å²) in [5, 5.41) is 50.5. The van der Waals surface area contributed by atoms with Crippen LogP contribution in [0.2, 0.25) is 0 Å². The van der Waals surface area contributed by atoms with E-state index < -0.39 is 106 Å². The highest BCUT2D eigenvalue weighted by Gasteiger charge is 2.52. The molecule has 17 rings (SSSR count). The van der Waals surface area contributed by atoms with Crippen LogP contribution in [-0.4, -0.2) is 103 Å². The van der Waals surface area contributed by atoms with Gasteiger partial charge in [-0.2, -0.15) is 5.26 Å². The summed E-state index contributed by atoms with van der Waals surface area (Å²) in [5.41, 5.74) is 1.71. The fourth-order valence-electron chi connectivity index (χ4n) is 19.2. The Balaban J connectivity index is 0.000000154. The van der Waals surface area contributed by atoms with Crippen molar-refractivity contribution in [2.24, 2.45) is 54.6 Å². The van der Waals surface area contributed by atoms with Crippen molar-refractivity contribution in [2.45, 2.75) is 258 Å². The Morgan fingerprint density at radius 1 is 0.415 bits per heavy atom. The molecule has 39 heteroatoms. The van der Waals surface area contributed by atoms with E-state index in [1.807, 2.05) is 46.8 Å². The highest BCUT2D eigenvalue weighted by molar-refractivity contribution is 8.18. The van der Waals surface area contributed by atoms with Crippen LogP contribution in [0.25, 0.3) is 0 Å². The quantitative estimate of drug-likeness (QED) is 0.0137. The second kappa shape index (κ2) is 45.1. The molecule has 7 aromatic rings. The highest BCUT2D eigenvalue weighted by Crippen LogP contribution is 2.59. The van der Waals surface area contributed by atoms with Gasteiger partial charge in [-0.05, 0) is 285 Å². The van der Waals surface area contributed by atoms with Crippen molar-refractivity contribution in [3.63, 3.8) is 0 Å². The first-order chi connectivity index (χ1) is 68.9. The summed E-state index contributed by atoms with van der Waals surface area (Å²) < 4.78 is 95.7. The Kier molecular flexibility index (Phi) is 34.2. The number of nitro groups is 3. The minimum atomic E-state index is -1.05. The number of carbonyl (C=O) groups is 6. The van der Waals surface area contributed by atoms with Gasteiger partial charge in [-0.15, -0.1) is 0 Å². The lowest BCUT2D eigenvalue weighted by Crippen LogP contribution is -2.41. The minimum Gasteiger partial charge on any atom is -0.460 e. The fraction of sp³-hybridized carbons (Fsp3) is 0.417. The van der Waals surface area contributed by atoms with Crippen LogP contribution in [0, 0.1) is 100 Å². The lowest BCUT2D eigenvalue weighted by molar-refractivity contribution is -0.385. The molecule has 10 aliphatic rings. The molecule has 5 aliphatic carbocycles. The number of fused-ring (bicyclic) bond motifs is 5. The number of esters is 3. The number of aromatic nitrogens is 1. The van der Waals surface area contributed by atoms with Crippen molar-refractivity contribution >= 4 is 143 Å². The number of nitrogens with two attached hydrogens (primary N) is 1. The van der Waals surface area contributed by atoms with Crippen molar-refractivity contribution in [3.05, 3.63) is 304 Å². The van der Waals surface area contributed by atoms with Gasteiger partial charge in [-0.1, -0.05) is 113 Å². The molecule has 0 saturated carbocycles. The summed E-state index contributed by atoms with van der Waals surface area (Å²) in [6.07, 6.45) is 19.6. The third-order valence-electron chi connectivity index (χ3n) is 25.8. The first kappa shape index (κ1) is 111. The molecular formula is C108H116F5N13O16S5. The number of alkyl carbamates (subject to hydrolysis) is 1. The van der Waals surface area contributed by atoms with Gasteiger partial charge < -0.3 is 30.0 Å². The maximum Gasteiger partial charge on any atom is 0.413 e. The fourth-order valence-corrected chi connectivity index (χ4v) is 26.0. The molecule has 0 spiro atoms. The van der Waals surface area contributed by atoms with Gasteiger partial charge in [0, 0.05) is 118 Å². The van der Waals surface area contributed by atoms with Crippen molar-refractivity contribution in [1.29, 1.82) is 5.26 Å². The number of amides is 2. The number of ketones is 1. The van der Waals surface area contributed by atoms with Crippen LogP contribution < -0.4 is 16.4 Å². The Morgan fingerprint density at radius 2 is 0.735 bits per heavy atom. The number of halogens is 5. The van der Waals surface area contributed by atoms with Gasteiger partial charge in [-0.25, -0.2) is 36.7 Å². The van der Waals surface area contributed by atoms with Crippen LogP contribution in [-0.2, 0) is 67.4 Å². The van der Waals surface area contributed by atoms with E-state index >= 15 is 4.39 Å². The lowest BCUT2D eigenvalue weighted by atomic mass is 9.78. The van der Waals surface area contributed by atoms with Crippen molar-refractivity contribution in [2.75, 3.05) is 5.73 Å². The van der Waals surface area contributed by atoms with Gasteiger partial charge in [0.25, 0.3) is 23.0 Å². The summed E-state index contributed by atoms with van der Waals surface area (Å²) in [6, 6.07) is 33.5. The molecule has 4 N–H and O–H groups in total. The Hall–Kier alpha value is -12.8. The molecule has 0 bridgehead atoms. The number of benzene rings is 6. The zero-order valence-corrected chi connectivity index (χ0v) is 88.5. The van der Waals surface area contributed by atoms with Crippen LogP contribution in [0.4, 0.5) is 49.5 Å². The van der Waals surface area contributed by atoms with E-state index in [0.717, 1.165) is 125 Å². The SMILES string of the molecule is CC(C)(C)OC(=O)CC1=NC(C)(c2cc(N)ccc2F)C2CCC=C2S1.CC(C)(C)OC(=O)CC1=NC(C)(c2cc([N+](=O)[O-])ccc2F)C2CCC=C2S1.CC(C)(C)OC(=O)CC1=NC(C)(c2cc([N+](=O)[O-])ccc2F)C2CCC=C2S1.CC(C)(C)OC(=O)NC1=NC(C)(c2cc(CC(=O)c3ccc(C#N)cn3)ccc2F)C2CCC=C2S1.CC1(c2cc([N+](=O)[O-])ccc2F)N=C(NC(=O)c2ccccc2)SC2=CCCC21. The third-order valence-corrected chi connectivity index (χ3v) is 31.4. The summed E-state index contributed by atoms with van der Waals surface area (Å²) >= 11 is 7.09. The maximum atomic E-state index is 15.3. The van der Waals surface area contributed by atoms with Crippen molar-refractivity contribution in [3.8, 4) is 6.07 Å². The molecule has 0 radical (unpaired) electrons. The van der Waals surface area contributed by atoms with Gasteiger partial charge >= 0.3 is 24.0 Å². The van der Waals surface area contributed by atoms with E-state index in [1.54, 1.807) is 138 Å². The number of Topliss-reactive ketones (excluding diaryl/α,β-unsaturated/α-hetero) is 1. The standard InChI is InChI=1S/C27H27FN4O3S.C21H18FN3O3S.2C20H23FN2O4S.C20H25FN2O2S/c1-26(2,3)35-25(34)31-24-32-27(4,18-6-5-7-23(18)36-24)19-12-16(8-10-20(19)28)13-22(33)21-11-9-17(14-29)15-30-21;1-21(16-12-14(25(27)28)10-11-17(16)22)15-8-5-9-18(15)29-20(24-21)23-19(26)13-6-3-2-4-7-13;2*1-19(2,3)27-18(24)11-17-22-20(4,13-6-5-7-16(13)28-17)14-10-12(23(25)26)8-9-15(14)21;1-19(2,3)25-18(24)11-17-23-20(4,13-6-5-7-16(13)26-17)14-10-12(22)8-9-15(14)21/h7-12,15,18H,5-6,13H2,1-4H3,(H,31,32,34);2-4,6-7,9-12,15H,5,8H2,1H3,(H,23,24,26);2*7-10,13H,5-6,11H2,1-4H3;7-10,13H,5-6,11,22H2,1-4H3. The normalized spacial score (nSPS) is 23.4. The molecule has 10 unspecified atom stereocenters. The van der Waals surface area contributed by atoms with Gasteiger partial charge in [0.15, 0.2) is 16.1 Å². The predicted molar refractivity (Wildman–Crippen MR) is 564 cm³/mol. The predicted octanol–water partition coefficient (Wildman–Crippen LogP) is 25.5. The molecule has 2 amide bonds. The summed E-state index contributed by atoms with van der Waals surface area (Å²) in [6.45, 7) is 30.7. The molecule has 774 valence electrons. The van der Waals surface area contributed by atoms with Crippen LogP contribution in [0.15, 0.2) is 220 Å². The number of rotatable bonds is 18. The van der Waals surface area contributed by atoms with Crippen molar-refractivity contribution in [1.82, 2.24) is 15.6 Å². The zero-order valence-electron chi connectivity index (χ0n) is 84.5. The Morgan fingerprint density at radius 3 is 1.07 bits per heavy atom. The number of carbonyl (C=O) groups excluding carboxylic acids is 6. The Labute approximate surface area is 870 Å². The number of amidine groups is 2. The summed E-state index contributed by atoms with van der Waals surface area (Å²) in [5.74, 6) is -4.23. The smallest absolute Gasteiger partial charge is 0.413 e. The van der Waals surface area contributed by atoms with E-state index in [1.165, 1.54) is 101 Å². The topological polar surface area (TPSA) is 417 Å². The minimum absolute atomic E-state index is 0.0157. The maximum absolute atomic E-state index is 15.3. The van der Waals surface area contributed by atoms with E-state index in [-0.39, 0.29) is 118 Å². The lowest BCUT2D eigenvalue weighted by Gasteiger charge is -2.38. The van der Waals surface area contributed by atoms with Crippen LogP contribution >= 0.6 is 58.8 Å². The third kappa shape index (κ3) is 27.1.